The van der Waals surface area contributed by atoms with Gasteiger partial charge in [-0.25, -0.2) is 0 Å². The van der Waals surface area contributed by atoms with Gasteiger partial charge in [0.2, 0.25) is 0 Å². The minimum Gasteiger partial charge on any atom is -0.507 e. The lowest BCUT2D eigenvalue weighted by Gasteiger charge is -2.21. The number of carbonyl (C=O) groups excluding carboxylic acids is 1. The van der Waals surface area contributed by atoms with E-state index >= 15 is 0 Å². The molecule has 25 heavy (non-hydrogen) atoms. The molecule has 134 valence electrons. The molecule has 0 aromatic heterocycles. The molecule has 2 aromatic rings. The number of aldehydes is 1. The Bertz CT molecular complexity index is 739. The molecule has 0 aliphatic heterocycles. The van der Waals surface area contributed by atoms with Gasteiger partial charge in [0.1, 0.15) is 29.3 Å². The van der Waals surface area contributed by atoms with Crippen LogP contribution >= 0.6 is 0 Å². The molecule has 0 aliphatic rings. The van der Waals surface area contributed by atoms with Gasteiger partial charge in [0.05, 0.1) is 20.8 Å². The van der Waals surface area contributed by atoms with E-state index in [1.54, 1.807) is 6.07 Å². The van der Waals surface area contributed by atoms with Crippen LogP contribution < -0.4 is 14.2 Å². The molecule has 1 N–H and O–H groups in total. The molecule has 0 spiro atoms. The van der Waals surface area contributed by atoms with E-state index in [0.29, 0.717) is 23.7 Å². The van der Waals surface area contributed by atoms with Gasteiger partial charge in [-0.2, -0.15) is 0 Å². The van der Waals surface area contributed by atoms with E-state index in [1.165, 1.54) is 20.3 Å². The summed E-state index contributed by atoms with van der Waals surface area (Å²) in [6.07, 6.45) is 1.05. The van der Waals surface area contributed by atoms with Crippen molar-refractivity contribution < 1.29 is 24.1 Å². The number of phenolic OH excluding ortho intramolecular Hbond substituents is 1. The molecule has 0 bridgehead atoms. The van der Waals surface area contributed by atoms with E-state index in [2.05, 4.69) is 0 Å². The molecule has 0 aliphatic carbocycles. The Kier molecular flexibility index (Phi) is 6.28. The Morgan fingerprint density at radius 1 is 1.12 bits per heavy atom. The molecule has 0 fully saturated rings. The predicted octanol–water partition coefficient (Wildman–Crippen LogP) is 3.84. The van der Waals surface area contributed by atoms with Crippen molar-refractivity contribution in [2.24, 2.45) is 0 Å². The number of aromatic hydroxyl groups is 1. The van der Waals surface area contributed by atoms with E-state index in [0.717, 1.165) is 23.2 Å². The number of hydrogen-bond acceptors (Lipinski definition) is 5. The van der Waals surface area contributed by atoms with Crippen LogP contribution in [0.3, 0.4) is 0 Å². The Balaban J connectivity index is 2.59. The van der Waals surface area contributed by atoms with Gasteiger partial charge in [-0.3, -0.25) is 0 Å². The molecule has 1 unspecified atom stereocenters. The minimum atomic E-state index is -0.349. The van der Waals surface area contributed by atoms with Crippen molar-refractivity contribution in [2.45, 2.75) is 26.2 Å². The average Bonchev–Trinajstić information content (AvgIpc) is 2.61. The first kappa shape index (κ1) is 18.6. The summed E-state index contributed by atoms with van der Waals surface area (Å²) < 4.78 is 16.3. The summed E-state index contributed by atoms with van der Waals surface area (Å²) in [5.41, 5.74) is 2.45. The van der Waals surface area contributed by atoms with Crippen molar-refractivity contribution in [3.05, 3.63) is 47.0 Å². The number of carbonyl (C=O) groups is 1. The normalized spacial score (nSPS) is 11.7. The van der Waals surface area contributed by atoms with Gasteiger partial charge in [-0.05, 0) is 31.0 Å². The van der Waals surface area contributed by atoms with Gasteiger partial charge < -0.3 is 24.1 Å². The van der Waals surface area contributed by atoms with Crippen molar-refractivity contribution in [2.75, 3.05) is 20.8 Å². The second kappa shape index (κ2) is 8.42. The topological polar surface area (TPSA) is 65.0 Å². The maximum atomic E-state index is 11.3. The molecule has 0 amide bonds. The highest BCUT2D eigenvalue weighted by Crippen LogP contribution is 2.43. The Morgan fingerprint density at radius 2 is 1.88 bits per heavy atom. The Labute approximate surface area is 148 Å². The highest BCUT2D eigenvalue weighted by molar-refractivity contribution is 5.61. The van der Waals surface area contributed by atoms with Crippen LogP contribution in [0.1, 0.15) is 36.0 Å². The van der Waals surface area contributed by atoms with Crippen LogP contribution in [0, 0.1) is 6.92 Å². The average molecular weight is 344 g/mol. The quantitative estimate of drug-likeness (QED) is 0.737. The second-order valence-corrected chi connectivity index (χ2v) is 5.68. The first-order valence-electron chi connectivity index (χ1n) is 8.17. The van der Waals surface area contributed by atoms with Crippen LogP contribution in [-0.2, 0) is 4.79 Å². The van der Waals surface area contributed by atoms with Gasteiger partial charge >= 0.3 is 0 Å². The van der Waals surface area contributed by atoms with Crippen molar-refractivity contribution >= 4 is 6.29 Å². The predicted molar refractivity (Wildman–Crippen MR) is 96.1 cm³/mol. The molecule has 0 heterocycles. The molecule has 0 saturated carbocycles. The Morgan fingerprint density at radius 3 is 2.48 bits per heavy atom. The number of rotatable bonds is 8. The van der Waals surface area contributed by atoms with E-state index in [9.17, 15) is 9.90 Å². The monoisotopic (exact) mass is 344 g/mol. The highest BCUT2D eigenvalue weighted by atomic mass is 16.5. The zero-order valence-electron chi connectivity index (χ0n) is 15.0. The second-order valence-electron chi connectivity index (χ2n) is 5.68. The fraction of sp³-hybridized carbons (Fsp3) is 0.350. The van der Waals surface area contributed by atoms with Gasteiger partial charge in [0.15, 0.2) is 0 Å². The zero-order chi connectivity index (χ0) is 18.4. The van der Waals surface area contributed by atoms with Crippen LogP contribution in [0.15, 0.2) is 30.3 Å². The first-order chi connectivity index (χ1) is 12.0. The summed E-state index contributed by atoms with van der Waals surface area (Å²) in [6.45, 7) is 4.45. The molecular formula is C20H24O5. The number of aryl methyl sites for hydroxylation is 1. The maximum absolute atomic E-state index is 11.3. The fourth-order valence-electron chi connectivity index (χ4n) is 2.89. The molecule has 2 aromatic carbocycles. The van der Waals surface area contributed by atoms with Crippen molar-refractivity contribution in [1.29, 1.82) is 0 Å². The largest absolute Gasteiger partial charge is 0.507 e. The highest BCUT2D eigenvalue weighted by Gasteiger charge is 2.24. The third kappa shape index (κ3) is 4.05. The summed E-state index contributed by atoms with van der Waals surface area (Å²) in [4.78, 5) is 11.3. The molecule has 0 saturated heterocycles. The number of hydrogen-bond donors (Lipinski definition) is 1. The van der Waals surface area contributed by atoms with Crippen LogP contribution in [-0.4, -0.2) is 32.2 Å². The van der Waals surface area contributed by atoms with Crippen molar-refractivity contribution in [3.63, 3.8) is 0 Å². The third-order valence-corrected chi connectivity index (χ3v) is 4.14. The lowest BCUT2D eigenvalue weighted by Crippen LogP contribution is -2.06. The van der Waals surface area contributed by atoms with Crippen molar-refractivity contribution in [1.82, 2.24) is 0 Å². The minimum absolute atomic E-state index is 0.0292. The standard InChI is InChI=1S/C20H24O5/c1-5-25-18-10-14(7-6-13(18)2)16(8-9-21)20-17(22)11-15(23-3)12-19(20)24-4/h6-7,9-12,16,22H,5,8H2,1-4H3. The summed E-state index contributed by atoms with van der Waals surface area (Å²) in [7, 11) is 3.04. The van der Waals surface area contributed by atoms with Crippen molar-refractivity contribution in [3.8, 4) is 23.0 Å². The van der Waals surface area contributed by atoms with Crippen LogP contribution in [0.25, 0.3) is 0 Å². The van der Waals surface area contributed by atoms with E-state index < -0.39 is 0 Å². The fourth-order valence-corrected chi connectivity index (χ4v) is 2.89. The van der Waals surface area contributed by atoms with Gasteiger partial charge in [0.25, 0.3) is 0 Å². The Hall–Kier alpha value is -2.69. The van der Waals surface area contributed by atoms with Gasteiger partial charge in [-0.15, -0.1) is 0 Å². The summed E-state index contributed by atoms with van der Waals surface area (Å²) in [6, 6.07) is 9.02. The number of phenols is 1. The molecule has 0 radical (unpaired) electrons. The molecule has 1 atom stereocenters. The summed E-state index contributed by atoms with van der Waals surface area (Å²) >= 11 is 0. The first-order valence-corrected chi connectivity index (χ1v) is 8.17. The maximum Gasteiger partial charge on any atom is 0.130 e. The lowest BCUT2D eigenvalue weighted by molar-refractivity contribution is -0.108. The lowest BCUT2D eigenvalue weighted by atomic mass is 9.87. The molecule has 5 heteroatoms. The van der Waals surface area contributed by atoms with E-state index in [4.69, 9.17) is 14.2 Å². The van der Waals surface area contributed by atoms with Gasteiger partial charge in [-0.1, -0.05) is 12.1 Å². The zero-order valence-corrected chi connectivity index (χ0v) is 15.0. The molecule has 2 rings (SSSR count). The smallest absolute Gasteiger partial charge is 0.130 e. The molecule has 5 nitrogen and oxygen atoms in total. The number of methoxy groups -OCH3 is 2. The number of benzene rings is 2. The molecular weight excluding hydrogens is 320 g/mol. The van der Waals surface area contributed by atoms with E-state index in [-0.39, 0.29) is 18.1 Å². The number of ether oxygens (including phenoxy) is 3. The SMILES string of the molecule is CCOc1cc(C(CC=O)c2c(O)cc(OC)cc2OC)ccc1C. The van der Waals surface area contributed by atoms with Crippen LogP contribution in [0.4, 0.5) is 0 Å². The van der Waals surface area contributed by atoms with Crippen LogP contribution in [0.5, 0.6) is 23.0 Å². The third-order valence-electron chi connectivity index (χ3n) is 4.14. The van der Waals surface area contributed by atoms with Crippen LogP contribution in [0.2, 0.25) is 0 Å². The summed E-state index contributed by atoms with van der Waals surface area (Å²) in [5.74, 6) is 1.41. The van der Waals surface area contributed by atoms with Gasteiger partial charge in [0, 0.05) is 30.0 Å². The van der Waals surface area contributed by atoms with E-state index in [1.807, 2.05) is 32.0 Å². The summed E-state index contributed by atoms with van der Waals surface area (Å²) in [5, 5.41) is 10.5.